The van der Waals surface area contributed by atoms with Crippen molar-refractivity contribution in [1.82, 2.24) is 4.98 Å². The van der Waals surface area contributed by atoms with Crippen LogP contribution >= 0.6 is 0 Å². The SMILES string of the molecule is CC1CC1CN(C)c1ccc([C@H](C)N)cn1. The molecule has 3 heteroatoms. The van der Waals surface area contributed by atoms with Gasteiger partial charge in [-0.05, 0) is 36.8 Å². The van der Waals surface area contributed by atoms with Crippen LogP contribution in [-0.2, 0) is 0 Å². The average Bonchev–Trinajstić information content (AvgIpc) is 2.94. The summed E-state index contributed by atoms with van der Waals surface area (Å²) >= 11 is 0. The Balaban J connectivity index is 1.97. The van der Waals surface area contributed by atoms with Crippen LogP contribution in [-0.4, -0.2) is 18.6 Å². The smallest absolute Gasteiger partial charge is 0.128 e. The predicted molar refractivity (Wildman–Crippen MR) is 67.4 cm³/mol. The molecule has 1 fully saturated rings. The van der Waals surface area contributed by atoms with Gasteiger partial charge in [-0.15, -0.1) is 0 Å². The predicted octanol–water partition coefficient (Wildman–Crippen LogP) is 2.19. The van der Waals surface area contributed by atoms with Crippen molar-refractivity contribution in [2.45, 2.75) is 26.3 Å². The molecular formula is C13H21N3. The molecule has 3 atom stereocenters. The van der Waals surface area contributed by atoms with E-state index in [1.807, 2.05) is 13.1 Å². The fraction of sp³-hybridized carbons (Fsp3) is 0.615. The molecule has 0 aliphatic heterocycles. The van der Waals surface area contributed by atoms with Gasteiger partial charge in [0.15, 0.2) is 0 Å². The molecule has 16 heavy (non-hydrogen) atoms. The number of nitrogens with zero attached hydrogens (tertiary/aromatic N) is 2. The van der Waals surface area contributed by atoms with Crippen molar-refractivity contribution in [2.75, 3.05) is 18.5 Å². The number of rotatable bonds is 4. The minimum atomic E-state index is 0.0651. The largest absolute Gasteiger partial charge is 0.359 e. The van der Waals surface area contributed by atoms with Crippen LogP contribution < -0.4 is 10.6 Å². The van der Waals surface area contributed by atoms with Gasteiger partial charge in [-0.1, -0.05) is 13.0 Å². The summed E-state index contributed by atoms with van der Waals surface area (Å²) in [4.78, 5) is 6.69. The van der Waals surface area contributed by atoms with Crippen molar-refractivity contribution < 1.29 is 0 Å². The van der Waals surface area contributed by atoms with Gasteiger partial charge in [0.1, 0.15) is 5.82 Å². The van der Waals surface area contributed by atoms with Gasteiger partial charge in [0.25, 0.3) is 0 Å². The van der Waals surface area contributed by atoms with Crippen LogP contribution in [0.15, 0.2) is 18.3 Å². The van der Waals surface area contributed by atoms with E-state index in [-0.39, 0.29) is 6.04 Å². The quantitative estimate of drug-likeness (QED) is 0.844. The maximum absolute atomic E-state index is 5.80. The Bertz CT molecular complexity index is 345. The zero-order chi connectivity index (χ0) is 11.7. The standard InChI is InChI=1S/C13H21N3/c1-9-6-12(9)8-16(3)13-5-4-11(7-15-13)10(2)14/h4-5,7,9-10,12H,6,8,14H2,1-3H3/t9?,10-,12?/m0/s1. The van der Waals surface area contributed by atoms with Crippen LogP contribution in [0.4, 0.5) is 5.82 Å². The molecule has 1 aromatic heterocycles. The molecule has 0 aromatic carbocycles. The molecule has 2 N–H and O–H groups in total. The Morgan fingerprint density at radius 1 is 1.56 bits per heavy atom. The molecule has 1 aliphatic rings. The summed E-state index contributed by atoms with van der Waals surface area (Å²) in [7, 11) is 2.11. The van der Waals surface area contributed by atoms with E-state index < -0.39 is 0 Å². The van der Waals surface area contributed by atoms with Crippen LogP contribution in [0.5, 0.6) is 0 Å². The van der Waals surface area contributed by atoms with E-state index in [0.717, 1.165) is 29.8 Å². The lowest BCUT2D eigenvalue weighted by atomic mass is 10.1. The second kappa shape index (κ2) is 4.42. The van der Waals surface area contributed by atoms with Crippen molar-refractivity contribution in [2.24, 2.45) is 17.6 Å². The zero-order valence-corrected chi connectivity index (χ0v) is 10.4. The number of aromatic nitrogens is 1. The summed E-state index contributed by atoms with van der Waals surface area (Å²) in [5.41, 5.74) is 6.89. The van der Waals surface area contributed by atoms with Gasteiger partial charge in [0, 0.05) is 25.8 Å². The third-order valence-corrected chi connectivity index (χ3v) is 3.47. The van der Waals surface area contributed by atoms with E-state index in [4.69, 9.17) is 5.73 Å². The molecule has 1 heterocycles. The zero-order valence-electron chi connectivity index (χ0n) is 10.4. The van der Waals surface area contributed by atoms with Gasteiger partial charge in [-0.3, -0.25) is 0 Å². The molecule has 88 valence electrons. The van der Waals surface area contributed by atoms with Crippen molar-refractivity contribution in [3.8, 4) is 0 Å². The van der Waals surface area contributed by atoms with Gasteiger partial charge >= 0.3 is 0 Å². The lowest BCUT2D eigenvalue weighted by Gasteiger charge is -2.18. The van der Waals surface area contributed by atoms with Gasteiger partial charge in [-0.25, -0.2) is 4.98 Å². The number of pyridine rings is 1. The molecule has 0 bridgehead atoms. The summed E-state index contributed by atoms with van der Waals surface area (Å²) in [6, 6.07) is 4.20. The Morgan fingerprint density at radius 2 is 2.25 bits per heavy atom. The average molecular weight is 219 g/mol. The minimum Gasteiger partial charge on any atom is -0.359 e. The number of hydrogen-bond donors (Lipinski definition) is 1. The van der Waals surface area contributed by atoms with Crippen molar-refractivity contribution in [3.63, 3.8) is 0 Å². The molecule has 0 radical (unpaired) electrons. The summed E-state index contributed by atoms with van der Waals surface area (Å²) in [6.45, 7) is 5.41. The van der Waals surface area contributed by atoms with E-state index in [1.54, 1.807) is 0 Å². The summed E-state index contributed by atoms with van der Waals surface area (Å²) < 4.78 is 0. The Hall–Kier alpha value is -1.09. The molecule has 0 spiro atoms. The van der Waals surface area contributed by atoms with Gasteiger partial charge < -0.3 is 10.6 Å². The van der Waals surface area contributed by atoms with E-state index in [9.17, 15) is 0 Å². The first kappa shape index (κ1) is 11.4. The van der Waals surface area contributed by atoms with Gasteiger partial charge in [0.2, 0.25) is 0 Å². The van der Waals surface area contributed by atoms with Gasteiger partial charge in [0.05, 0.1) is 0 Å². The van der Waals surface area contributed by atoms with Crippen LogP contribution in [0.1, 0.15) is 31.9 Å². The van der Waals surface area contributed by atoms with Crippen LogP contribution in [0.2, 0.25) is 0 Å². The summed E-state index contributed by atoms with van der Waals surface area (Å²) in [6.07, 6.45) is 3.25. The fourth-order valence-corrected chi connectivity index (χ4v) is 1.99. The molecule has 2 rings (SSSR count). The highest BCUT2D eigenvalue weighted by atomic mass is 15.2. The summed E-state index contributed by atoms with van der Waals surface area (Å²) in [5.74, 6) is 2.80. The molecule has 1 aliphatic carbocycles. The number of hydrogen-bond acceptors (Lipinski definition) is 3. The van der Waals surface area contributed by atoms with E-state index in [2.05, 4.69) is 36.0 Å². The minimum absolute atomic E-state index is 0.0651. The molecular weight excluding hydrogens is 198 g/mol. The molecule has 3 nitrogen and oxygen atoms in total. The number of nitrogens with two attached hydrogens (primary N) is 1. The van der Waals surface area contributed by atoms with Crippen LogP contribution in [0, 0.1) is 11.8 Å². The first-order valence-electron chi connectivity index (χ1n) is 6.00. The van der Waals surface area contributed by atoms with Crippen molar-refractivity contribution in [3.05, 3.63) is 23.9 Å². The monoisotopic (exact) mass is 219 g/mol. The normalized spacial score (nSPS) is 25.2. The van der Waals surface area contributed by atoms with Crippen molar-refractivity contribution in [1.29, 1.82) is 0 Å². The van der Waals surface area contributed by atoms with Crippen molar-refractivity contribution >= 4 is 5.82 Å². The lowest BCUT2D eigenvalue weighted by Crippen LogP contribution is -2.21. The fourth-order valence-electron chi connectivity index (χ4n) is 1.99. The van der Waals surface area contributed by atoms with E-state index in [0.29, 0.717) is 0 Å². The van der Waals surface area contributed by atoms with Crippen LogP contribution in [0.25, 0.3) is 0 Å². The third kappa shape index (κ3) is 2.53. The second-order valence-corrected chi connectivity index (χ2v) is 5.09. The Morgan fingerprint density at radius 3 is 2.69 bits per heavy atom. The highest BCUT2D eigenvalue weighted by Crippen LogP contribution is 2.38. The van der Waals surface area contributed by atoms with Gasteiger partial charge in [-0.2, -0.15) is 0 Å². The first-order chi connectivity index (χ1) is 7.58. The molecule has 2 unspecified atom stereocenters. The van der Waals surface area contributed by atoms with Crippen LogP contribution in [0.3, 0.4) is 0 Å². The molecule has 1 saturated carbocycles. The third-order valence-electron chi connectivity index (χ3n) is 3.47. The lowest BCUT2D eigenvalue weighted by molar-refractivity contribution is 0.718. The molecule has 0 amide bonds. The Labute approximate surface area is 97.7 Å². The van der Waals surface area contributed by atoms with E-state index in [1.165, 1.54) is 6.42 Å². The molecule has 1 aromatic rings. The second-order valence-electron chi connectivity index (χ2n) is 5.09. The highest BCUT2D eigenvalue weighted by molar-refractivity contribution is 5.39. The topological polar surface area (TPSA) is 42.1 Å². The van der Waals surface area contributed by atoms with E-state index >= 15 is 0 Å². The first-order valence-corrected chi connectivity index (χ1v) is 6.00. The molecule has 0 saturated heterocycles. The maximum Gasteiger partial charge on any atom is 0.128 e. The number of anilines is 1. The summed E-state index contributed by atoms with van der Waals surface area (Å²) in [5, 5.41) is 0. The maximum atomic E-state index is 5.80. The Kier molecular flexibility index (Phi) is 3.15. The highest BCUT2D eigenvalue weighted by Gasteiger charge is 2.33.